The van der Waals surface area contributed by atoms with Gasteiger partial charge in [0.2, 0.25) is 0 Å². The van der Waals surface area contributed by atoms with E-state index in [4.69, 9.17) is 19.9 Å². The molecule has 0 unspecified atom stereocenters. The first-order chi connectivity index (χ1) is 20.1. The van der Waals surface area contributed by atoms with Crippen molar-refractivity contribution in [3.63, 3.8) is 0 Å². The monoisotopic (exact) mass is 555 g/mol. The summed E-state index contributed by atoms with van der Waals surface area (Å²) < 4.78 is 17.3. The summed E-state index contributed by atoms with van der Waals surface area (Å²) in [4.78, 5) is 19.9. The highest BCUT2D eigenvalue weighted by atomic mass is 16.5. The highest BCUT2D eigenvalue weighted by Gasteiger charge is 2.15. The van der Waals surface area contributed by atoms with Crippen molar-refractivity contribution in [3.8, 4) is 11.5 Å². The number of para-hydroxylation sites is 2. The summed E-state index contributed by atoms with van der Waals surface area (Å²) in [5.74, 6) is 1.12. The van der Waals surface area contributed by atoms with Gasteiger partial charge in [0.1, 0.15) is 0 Å². The van der Waals surface area contributed by atoms with Crippen molar-refractivity contribution in [1.82, 2.24) is 9.88 Å². The van der Waals surface area contributed by atoms with Crippen molar-refractivity contribution in [2.45, 2.75) is 19.8 Å². The lowest BCUT2D eigenvalue weighted by molar-refractivity contribution is 0.0357. The zero-order valence-corrected chi connectivity index (χ0v) is 23.6. The molecule has 3 aromatic carbocycles. The number of hydrogen-bond acceptors (Lipinski definition) is 8. The second-order valence-electron chi connectivity index (χ2n) is 9.93. The van der Waals surface area contributed by atoms with Crippen molar-refractivity contribution in [2.75, 3.05) is 62.9 Å². The van der Waals surface area contributed by atoms with Gasteiger partial charge in [-0.15, -0.1) is 0 Å². The molecule has 5 rings (SSSR count). The van der Waals surface area contributed by atoms with E-state index in [1.165, 1.54) is 0 Å². The summed E-state index contributed by atoms with van der Waals surface area (Å²) in [6, 6.07) is 18.5. The number of aryl methyl sites for hydroxylation is 1. The third-order valence-corrected chi connectivity index (χ3v) is 7.22. The van der Waals surface area contributed by atoms with E-state index < -0.39 is 0 Å². The molecule has 1 saturated heterocycles. The van der Waals surface area contributed by atoms with Crippen molar-refractivity contribution in [2.24, 2.45) is 0 Å². The van der Waals surface area contributed by atoms with Crippen LogP contribution in [0.15, 0.2) is 66.9 Å². The van der Waals surface area contributed by atoms with E-state index in [1.807, 2.05) is 42.6 Å². The first-order valence-electron chi connectivity index (χ1n) is 14.0. The maximum atomic E-state index is 12.8. The van der Waals surface area contributed by atoms with Crippen LogP contribution in [0, 0.1) is 0 Å². The SMILES string of the molecule is CCc1cnc2cc(OC)c(OCCCN3CCOCC3)cc2c1Nc1ccc(C(=O)Nc2ccccc2N)cc1. The fourth-order valence-corrected chi connectivity index (χ4v) is 4.88. The molecule has 0 radical (unpaired) electrons. The van der Waals surface area contributed by atoms with Gasteiger partial charge in [0.25, 0.3) is 5.91 Å². The van der Waals surface area contributed by atoms with Crippen LogP contribution in [0.1, 0.15) is 29.3 Å². The molecule has 0 aliphatic carbocycles. The third-order valence-electron chi connectivity index (χ3n) is 7.22. The number of rotatable bonds is 11. The summed E-state index contributed by atoms with van der Waals surface area (Å²) in [6.45, 7) is 7.17. The highest BCUT2D eigenvalue weighted by molar-refractivity contribution is 6.06. The molecule has 4 aromatic rings. The van der Waals surface area contributed by atoms with Gasteiger partial charge in [-0.3, -0.25) is 14.7 Å². The second kappa shape index (κ2) is 13.3. The Balaban J connectivity index is 1.33. The Labute approximate surface area is 240 Å². The van der Waals surface area contributed by atoms with E-state index in [0.29, 0.717) is 35.0 Å². The van der Waals surface area contributed by atoms with Gasteiger partial charge in [-0.1, -0.05) is 19.1 Å². The number of nitrogens with one attached hydrogen (secondary N) is 2. The minimum atomic E-state index is -0.222. The average Bonchev–Trinajstić information content (AvgIpc) is 3.01. The van der Waals surface area contributed by atoms with Gasteiger partial charge in [-0.25, -0.2) is 0 Å². The molecule has 1 aliphatic rings. The minimum Gasteiger partial charge on any atom is -0.493 e. The molecule has 0 saturated carbocycles. The Morgan fingerprint density at radius 2 is 1.85 bits per heavy atom. The molecule has 1 aliphatic heterocycles. The van der Waals surface area contributed by atoms with Crippen LogP contribution in [0.3, 0.4) is 0 Å². The molecule has 4 N–H and O–H groups in total. The van der Waals surface area contributed by atoms with Crippen LogP contribution in [0.2, 0.25) is 0 Å². The molecular weight excluding hydrogens is 518 g/mol. The fraction of sp³-hybridized carbons (Fsp3) is 0.312. The zero-order valence-electron chi connectivity index (χ0n) is 23.6. The normalized spacial score (nSPS) is 13.6. The van der Waals surface area contributed by atoms with Crippen molar-refractivity contribution < 1.29 is 19.0 Å². The molecule has 1 fully saturated rings. The lowest BCUT2D eigenvalue weighted by atomic mass is 10.1. The molecule has 9 heteroatoms. The number of benzene rings is 3. The Morgan fingerprint density at radius 1 is 1.07 bits per heavy atom. The van der Waals surface area contributed by atoms with E-state index in [2.05, 4.69) is 27.4 Å². The number of pyridine rings is 1. The summed E-state index contributed by atoms with van der Waals surface area (Å²) in [5, 5.41) is 7.37. The minimum absolute atomic E-state index is 0.222. The van der Waals surface area contributed by atoms with Gasteiger partial charge >= 0.3 is 0 Å². The number of anilines is 4. The first kappa shape index (κ1) is 28.2. The van der Waals surface area contributed by atoms with Gasteiger partial charge in [0.05, 0.1) is 49.5 Å². The number of nitrogens with two attached hydrogens (primary N) is 1. The van der Waals surface area contributed by atoms with Gasteiger partial charge in [0.15, 0.2) is 11.5 Å². The van der Waals surface area contributed by atoms with Crippen molar-refractivity contribution in [3.05, 3.63) is 78.0 Å². The number of ether oxygens (including phenoxy) is 3. The van der Waals surface area contributed by atoms with Crippen LogP contribution >= 0.6 is 0 Å². The Bertz CT molecular complexity index is 1490. The van der Waals surface area contributed by atoms with Gasteiger partial charge < -0.3 is 30.6 Å². The van der Waals surface area contributed by atoms with E-state index in [0.717, 1.165) is 73.5 Å². The standard InChI is InChI=1S/C32H37N5O4/c1-3-22-21-34-28-20-29(39-2)30(41-16-6-13-37-14-17-40-18-15-37)19-25(28)31(22)35-24-11-9-23(10-12-24)32(38)36-27-8-5-4-7-26(27)33/h4-5,7-12,19-21H,3,6,13-18,33H2,1-2H3,(H,34,35)(H,36,38). The molecule has 214 valence electrons. The average molecular weight is 556 g/mol. The molecule has 0 spiro atoms. The van der Waals surface area contributed by atoms with Crippen molar-refractivity contribution in [1.29, 1.82) is 0 Å². The number of morpholine rings is 1. The lowest BCUT2D eigenvalue weighted by Crippen LogP contribution is -2.37. The predicted octanol–water partition coefficient (Wildman–Crippen LogP) is 5.49. The molecular formula is C32H37N5O4. The number of aromatic nitrogens is 1. The number of carbonyl (C=O) groups is 1. The number of carbonyl (C=O) groups excluding carboxylic acids is 1. The number of nitrogens with zero attached hydrogens (tertiary/aromatic N) is 2. The summed E-state index contributed by atoms with van der Waals surface area (Å²) >= 11 is 0. The third kappa shape index (κ3) is 6.87. The van der Waals surface area contributed by atoms with Crippen LogP contribution in [-0.4, -0.2) is 62.4 Å². The van der Waals surface area contributed by atoms with Crippen LogP contribution in [0.4, 0.5) is 22.7 Å². The fourth-order valence-electron chi connectivity index (χ4n) is 4.88. The molecule has 2 heterocycles. The van der Waals surface area contributed by atoms with E-state index >= 15 is 0 Å². The predicted molar refractivity (Wildman–Crippen MR) is 164 cm³/mol. The number of methoxy groups -OCH3 is 1. The Morgan fingerprint density at radius 3 is 2.59 bits per heavy atom. The Kier molecular flexibility index (Phi) is 9.18. The lowest BCUT2D eigenvalue weighted by Gasteiger charge is -2.26. The second-order valence-corrected chi connectivity index (χ2v) is 9.93. The van der Waals surface area contributed by atoms with Gasteiger partial charge in [-0.2, -0.15) is 0 Å². The molecule has 0 atom stereocenters. The summed E-state index contributed by atoms with van der Waals surface area (Å²) in [5.41, 5.74) is 11.3. The Hall–Kier alpha value is -4.34. The molecule has 41 heavy (non-hydrogen) atoms. The summed E-state index contributed by atoms with van der Waals surface area (Å²) in [6.07, 6.45) is 3.60. The zero-order chi connectivity index (χ0) is 28.6. The number of amides is 1. The van der Waals surface area contributed by atoms with E-state index in [1.54, 1.807) is 31.4 Å². The molecule has 9 nitrogen and oxygen atoms in total. The highest BCUT2D eigenvalue weighted by Crippen LogP contribution is 2.37. The number of hydrogen-bond donors (Lipinski definition) is 3. The van der Waals surface area contributed by atoms with Crippen LogP contribution in [0.25, 0.3) is 10.9 Å². The molecule has 1 aromatic heterocycles. The first-order valence-corrected chi connectivity index (χ1v) is 14.0. The maximum Gasteiger partial charge on any atom is 0.255 e. The van der Waals surface area contributed by atoms with Crippen LogP contribution in [-0.2, 0) is 11.2 Å². The van der Waals surface area contributed by atoms with E-state index in [9.17, 15) is 4.79 Å². The van der Waals surface area contributed by atoms with E-state index in [-0.39, 0.29) is 5.91 Å². The molecule has 0 bridgehead atoms. The number of fused-ring (bicyclic) bond motifs is 1. The summed E-state index contributed by atoms with van der Waals surface area (Å²) in [7, 11) is 1.64. The van der Waals surface area contributed by atoms with Crippen LogP contribution < -0.4 is 25.8 Å². The quantitative estimate of drug-likeness (QED) is 0.165. The van der Waals surface area contributed by atoms with Crippen LogP contribution in [0.5, 0.6) is 11.5 Å². The molecule has 1 amide bonds. The van der Waals surface area contributed by atoms with Gasteiger partial charge in [0, 0.05) is 48.5 Å². The van der Waals surface area contributed by atoms with Gasteiger partial charge in [-0.05, 0) is 60.9 Å². The topological polar surface area (TPSA) is 111 Å². The number of nitrogen functional groups attached to an aromatic ring is 1. The maximum absolute atomic E-state index is 12.8. The largest absolute Gasteiger partial charge is 0.493 e. The smallest absolute Gasteiger partial charge is 0.255 e. The van der Waals surface area contributed by atoms with Crippen molar-refractivity contribution >= 4 is 39.6 Å².